The molecular weight excluding hydrogens is 324 g/mol. The van der Waals surface area contributed by atoms with Gasteiger partial charge in [0.15, 0.2) is 0 Å². The average Bonchev–Trinajstić information content (AvgIpc) is 2.84. The quantitative estimate of drug-likeness (QED) is 0.638. The Kier molecular flexibility index (Phi) is 4.51. The van der Waals surface area contributed by atoms with Crippen molar-refractivity contribution in [1.29, 1.82) is 0 Å². The van der Waals surface area contributed by atoms with Crippen molar-refractivity contribution < 1.29 is 14.3 Å². The smallest absolute Gasteiger partial charge is 0.302 e. The second-order valence-corrected chi connectivity index (χ2v) is 10.3. The van der Waals surface area contributed by atoms with Crippen molar-refractivity contribution in [2.75, 3.05) is 0 Å². The fraction of sp³-hybridized carbons (Fsp3) is 0.913. The summed E-state index contributed by atoms with van der Waals surface area (Å²) in [5, 5.41) is 0. The number of esters is 1. The molecular formula is C23H36O3. The number of ketones is 1. The van der Waals surface area contributed by atoms with E-state index in [1.54, 1.807) is 0 Å². The van der Waals surface area contributed by atoms with Gasteiger partial charge >= 0.3 is 5.97 Å². The largest absolute Gasteiger partial charge is 0.463 e. The van der Waals surface area contributed by atoms with Gasteiger partial charge in [-0.15, -0.1) is 0 Å². The van der Waals surface area contributed by atoms with Crippen molar-refractivity contribution >= 4 is 11.8 Å². The predicted octanol–water partition coefficient (Wildman–Crippen LogP) is 5.17. The predicted molar refractivity (Wildman–Crippen MR) is 101 cm³/mol. The van der Waals surface area contributed by atoms with Crippen molar-refractivity contribution in [3.63, 3.8) is 0 Å². The summed E-state index contributed by atoms with van der Waals surface area (Å²) in [6.45, 7) is 8.69. The molecule has 0 aromatic carbocycles. The number of hydrogen-bond acceptors (Lipinski definition) is 3. The van der Waals surface area contributed by atoms with Crippen LogP contribution in [0.15, 0.2) is 0 Å². The van der Waals surface area contributed by atoms with E-state index < -0.39 is 0 Å². The minimum Gasteiger partial charge on any atom is -0.463 e. The maximum Gasteiger partial charge on any atom is 0.302 e. The lowest BCUT2D eigenvalue weighted by atomic mass is 9.44. The molecule has 0 aliphatic heterocycles. The number of Topliss-reactive ketones (excluding diaryl/α,β-unsaturated/α-hetero) is 1. The Labute approximate surface area is 158 Å². The molecule has 8 atom stereocenters. The summed E-state index contributed by atoms with van der Waals surface area (Å²) in [6, 6.07) is 0. The van der Waals surface area contributed by atoms with Crippen LogP contribution in [0.3, 0.4) is 0 Å². The molecule has 0 amide bonds. The van der Waals surface area contributed by atoms with Gasteiger partial charge in [0.1, 0.15) is 11.9 Å². The lowest BCUT2D eigenvalue weighted by Crippen LogP contribution is -2.54. The van der Waals surface area contributed by atoms with Crippen LogP contribution in [0.5, 0.6) is 0 Å². The van der Waals surface area contributed by atoms with Crippen molar-refractivity contribution in [1.82, 2.24) is 0 Å². The van der Waals surface area contributed by atoms with Gasteiger partial charge in [-0.05, 0) is 85.9 Å². The molecule has 4 aliphatic carbocycles. The molecule has 0 saturated heterocycles. The zero-order valence-electron chi connectivity index (χ0n) is 17.1. The van der Waals surface area contributed by atoms with Gasteiger partial charge < -0.3 is 4.74 Å². The van der Waals surface area contributed by atoms with Gasteiger partial charge in [0.05, 0.1) is 0 Å². The van der Waals surface area contributed by atoms with Gasteiger partial charge in [0.2, 0.25) is 0 Å². The Balaban J connectivity index is 1.55. The Bertz CT molecular complexity index is 598. The molecule has 26 heavy (non-hydrogen) atoms. The molecule has 0 bridgehead atoms. The normalized spacial score (nSPS) is 50.5. The van der Waals surface area contributed by atoms with E-state index in [0.29, 0.717) is 29.0 Å². The van der Waals surface area contributed by atoms with E-state index in [4.69, 9.17) is 4.74 Å². The molecule has 4 rings (SSSR count). The van der Waals surface area contributed by atoms with Gasteiger partial charge in [-0.1, -0.05) is 20.8 Å². The summed E-state index contributed by atoms with van der Waals surface area (Å²) in [6.07, 6.45) is 10.3. The van der Waals surface area contributed by atoms with E-state index >= 15 is 0 Å². The van der Waals surface area contributed by atoms with Crippen molar-refractivity contribution in [3.8, 4) is 0 Å². The number of hydrogen-bond donors (Lipinski definition) is 0. The third-order valence-electron chi connectivity index (χ3n) is 9.40. The summed E-state index contributed by atoms with van der Waals surface area (Å²) >= 11 is 0. The lowest BCUT2D eigenvalue weighted by Gasteiger charge is -2.60. The number of rotatable bonds is 2. The monoisotopic (exact) mass is 360 g/mol. The molecule has 3 nitrogen and oxygen atoms in total. The first-order valence-electron chi connectivity index (χ1n) is 11.0. The first kappa shape index (κ1) is 18.5. The molecule has 0 spiro atoms. The minimum atomic E-state index is -0.129. The molecule has 4 saturated carbocycles. The highest BCUT2D eigenvalue weighted by molar-refractivity contribution is 5.84. The van der Waals surface area contributed by atoms with Gasteiger partial charge in [-0.25, -0.2) is 0 Å². The molecule has 4 aliphatic rings. The van der Waals surface area contributed by atoms with Crippen LogP contribution in [0.4, 0.5) is 0 Å². The average molecular weight is 361 g/mol. The van der Waals surface area contributed by atoms with Gasteiger partial charge in [0, 0.05) is 19.3 Å². The lowest BCUT2D eigenvalue weighted by molar-refractivity contribution is -0.160. The molecule has 0 N–H and O–H groups in total. The summed E-state index contributed by atoms with van der Waals surface area (Å²) in [4.78, 5) is 24.1. The Morgan fingerprint density at radius 1 is 1.08 bits per heavy atom. The van der Waals surface area contributed by atoms with Crippen LogP contribution in [0.2, 0.25) is 0 Å². The highest BCUT2D eigenvalue weighted by atomic mass is 16.5. The third-order valence-corrected chi connectivity index (χ3v) is 9.40. The molecule has 8 unspecified atom stereocenters. The van der Waals surface area contributed by atoms with Gasteiger partial charge in [-0.2, -0.15) is 0 Å². The molecule has 0 heterocycles. The first-order valence-corrected chi connectivity index (χ1v) is 11.0. The number of carbonyl (C=O) groups is 2. The van der Waals surface area contributed by atoms with Crippen molar-refractivity contribution in [3.05, 3.63) is 0 Å². The van der Waals surface area contributed by atoms with Crippen LogP contribution in [-0.4, -0.2) is 17.9 Å². The van der Waals surface area contributed by atoms with Crippen LogP contribution >= 0.6 is 0 Å². The molecule has 0 aromatic rings. The summed E-state index contributed by atoms with van der Waals surface area (Å²) in [5.74, 6) is 3.52. The van der Waals surface area contributed by atoms with Crippen LogP contribution in [0.25, 0.3) is 0 Å². The second-order valence-electron chi connectivity index (χ2n) is 10.3. The summed E-state index contributed by atoms with van der Waals surface area (Å²) in [5.41, 5.74) is 0.638. The summed E-state index contributed by atoms with van der Waals surface area (Å²) < 4.78 is 5.57. The zero-order valence-corrected chi connectivity index (χ0v) is 17.1. The highest BCUT2D eigenvalue weighted by Gasteiger charge is 2.61. The van der Waals surface area contributed by atoms with Crippen molar-refractivity contribution in [2.45, 2.75) is 91.6 Å². The Morgan fingerprint density at radius 3 is 2.50 bits per heavy atom. The maximum atomic E-state index is 12.7. The fourth-order valence-electron chi connectivity index (χ4n) is 8.15. The third kappa shape index (κ3) is 2.59. The summed E-state index contributed by atoms with van der Waals surface area (Å²) in [7, 11) is 0. The van der Waals surface area contributed by atoms with Crippen LogP contribution in [0, 0.1) is 40.4 Å². The van der Waals surface area contributed by atoms with E-state index in [1.807, 2.05) is 0 Å². The number of carbonyl (C=O) groups excluding carboxylic acids is 2. The van der Waals surface area contributed by atoms with E-state index in [1.165, 1.54) is 39.0 Å². The topological polar surface area (TPSA) is 43.4 Å². The van der Waals surface area contributed by atoms with Gasteiger partial charge in [-0.3, -0.25) is 9.59 Å². The van der Waals surface area contributed by atoms with Crippen molar-refractivity contribution in [2.24, 2.45) is 40.4 Å². The van der Waals surface area contributed by atoms with E-state index in [2.05, 4.69) is 20.8 Å². The second kappa shape index (κ2) is 6.34. The Hall–Kier alpha value is -0.860. The SMILES string of the molecule is CCC1C(=O)CC2C3CCC4CC(OC(C)=O)CCC4(C)C3CCC12C. The molecule has 0 aromatic heterocycles. The van der Waals surface area contributed by atoms with Crippen LogP contribution in [0.1, 0.15) is 85.5 Å². The van der Waals surface area contributed by atoms with E-state index in [9.17, 15) is 9.59 Å². The minimum absolute atomic E-state index is 0.129. The Morgan fingerprint density at radius 2 is 1.81 bits per heavy atom. The van der Waals surface area contributed by atoms with E-state index in [-0.39, 0.29) is 17.5 Å². The highest BCUT2D eigenvalue weighted by Crippen LogP contribution is 2.67. The van der Waals surface area contributed by atoms with Crippen LogP contribution < -0.4 is 0 Å². The first-order chi connectivity index (χ1) is 12.3. The standard InChI is InChI=1S/C23H36O3/c1-5-18-21(25)13-20-17-7-6-15-12-16(26-14(2)24)8-10-22(15,3)19(17)9-11-23(18,20)4/h15-20H,5-13H2,1-4H3. The van der Waals surface area contributed by atoms with Crippen LogP contribution in [-0.2, 0) is 14.3 Å². The molecule has 146 valence electrons. The molecule has 4 fully saturated rings. The fourth-order valence-corrected chi connectivity index (χ4v) is 8.15. The van der Waals surface area contributed by atoms with E-state index in [0.717, 1.165) is 37.5 Å². The van der Waals surface area contributed by atoms with Gasteiger partial charge in [0.25, 0.3) is 0 Å². The zero-order chi connectivity index (χ0) is 18.7. The number of fused-ring (bicyclic) bond motifs is 5. The number of ether oxygens (including phenoxy) is 1. The molecule has 0 radical (unpaired) electrons. The molecule has 3 heteroatoms. The maximum absolute atomic E-state index is 12.7.